The Labute approximate surface area is 209 Å². The predicted octanol–water partition coefficient (Wildman–Crippen LogP) is 1.95. The minimum atomic E-state index is -1.12. The molecule has 4 unspecified atom stereocenters. The van der Waals surface area contributed by atoms with Crippen molar-refractivity contribution in [2.24, 2.45) is 0 Å². The molecule has 192 valence electrons. The first-order valence-corrected chi connectivity index (χ1v) is 12.5. The summed E-state index contributed by atoms with van der Waals surface area (Å²) in [6.45, 7) is 7.68. The molecule has 0 aliphatic carbocycles. The summed E-state index contributed by atoms with van der Waals surface area (Å²) in [4.78, 5) is 22.8. The number of H-pyrrole nitrogens is 1. The number of aliphatic hydroxyl groups excluding tert-OH is 2. The van der Waals surface area contributed by atoms with E-state index >= 15 is 0 Å². The van der Waals surface area contributed by atoms with Crippen molar-refractivity contribution in [2.45, 2.75) is 70.6 Å². The summed E-state index contributed by atoms with van der Waals surface area (Å²) in [6, 6.07) is 6.50. The number of unbranched alkanes of at least 4 members (excludes halogenated alkanes) is 1. The average molecular weight is 495 g/mol. The molecule has 11 heteroatoms. The van der Waals surface area contributed by atoms with Crippen molar-refractivity contribution >= 4 is 28.0 Å². The van der Waals surface area contributed by atoms with Crippen LogP contribution < -0.4 is 5.73 Å². The second-order valence-electron chi connectivity index (χ2n) is 9.88. The van der Waals surface area contributed by atoms with Gasteiger partial charge in [-0.05, 0) is 57.9 Å². The lowest BCUT2D eigenvalue weighted by Crippen LogP contribution is -2.43. The number of aromatic nitrogens is 6. The van der Waals surface area contributed by atoms with Gasteiger partial charge in [-0.1, -0.05) is 6.07 Å². The molecule has 4 aromatic rings. The minimum Gasteiger partial charge on any atom is -0.387 e. The van der Waals surface area contributed by atoms with Crippen LogP contribution in [-0.2, 0) is 11.2 Å². The fraction of sp³-hybridized carbons (Fsp3) is 0.520. The molecule has 11 nitrogen and oxygen atoms in total. The van der Waals surface area contributed by atoms with Gasteiger partial charge in [0.25, 0.3) is 0 Å². The number of hydrogen-bond acceptors (Lipinski definition) is 9. The lowest BCUT2D eigenvalue weighted by molar-refractivity contribution is -0.0469. The van der Waals surface area contributed by atoms with Crippen LogP contribution in [0.2, 0.25) is 0 Å². The first kappa shape index (κ1) is 24.6. The van der Waals surface area contributed by atoms with Gasteiger partial charge in [0.15, 0.2) is 17.7 Å². The van der Waals surface area contributed by atoms with Crippen LogP contribution in [0.4, 0.5) is 5.82 Å². The zero-order valence-corrected chi connectivity index (χ0v) is 20.9. The number of nitrogens with two attached hydrogens (primary N) is 1. The Balaban J connectivity index is 1.19. The smallest absolute Gasteiger partial charge is 0.167 e. The highest BCUT2D eigenvalue weighted by molar-refractivity contribution is 5.81. The first-order valence-electron chi connectivity index (χ1n) is 12.5. The molecule has 0 radical (unpaired) electrons. The number of nitrogen functional groups attached to an aromatic ring is 1. The number of imidazole rings is 2. The molecule has 4 atom stereocenters. The molecule has 1 aliphatic heterocycles. The fourth-order valence-electron chi connectivity index (χ4n) is 4.86. The number of ether oxygens (including phenoxy) is 1. The van der Waals surface area contributed by atoms with E-state index < -0.39 is 24.5 Å². The Morgan fingerprint density at radius 2 is 2.00 bits per heavy atom. The SMILES string of the molecule is Cc1ccc2nc(CCCCN(CC3OC(n4cnc5c(N)ncnc54)C(O)C3O)C(C)C)[nH]c2c1. The highest BCUT2D eigenvalue weighted by atomic mass is 16.6. The number of nitrogens with zero attached hydrogens (tertiary/aromatic N) is 6. The summed E-state index contributed by atoms with van der Waals surface area (Å²) < 4.78 is 7.75. The molecule has 0 saturated carbocycles. The van der Waals surface area contributed by atoms with Gasteiger partial charge in [0.05, 0.1) is 17.4 Å². The van der Waals surface area contributed by atoms with Crippen molar-refractivity contribution in [1.29, 1.82) is 0 Å². The van der Waals surface area contributed by atoms with E-state index in [1.165, 1.54) is 18.2 Å². The standard InChI is InChI=1S/C25H34N8O3/c1-14(2)32(9-5-4-6-19-30-16-8-7-15(3)10-17(16)31-19)11-18-21(34)22(35)25(36-18)33-13-29-20-23(26)27-12-28-24(20)33/h7-8,10,12-14,18,21-22,25,34-35H,4-6,9,11H2,1-3H3,(H,30,31)(H2,26,27,28). The number of aromatic amines is 1. The number of benzene rings is 1. The normalized spacial score (nSPS) is 22.5. The molecule has 5 rings (SSSR count). The maximum absolute atomic E-state index is 10.8. The molecule has 1 fully saturated rings. The molecule has 4 heterocycles. The maximum atomic E-state index is 10.8. The third-order valence-electron chi connectivity index (χ3n) is 6.94. The number of hydrogen-bond donors (Lipinski definition) is 4. The van der Waals surface area contributed by atoms with Crippen LogP contribution in [-0.4, -0.2) is 82.0 Å². The molecule has 1 saturated heterocycles. The van der Waals surface area contributed by atoms with Crippen molar-refractivity contribution in [1.82, 2.24) is 34.4 Å². The van der Waals surface area contributed by atoms with Gasteiger partial charge in [-0.2, -0.15) is 0 Å². The largest absolute Gasteiger partial charge is 0.387 e. The van der Waals surface area contributed by atoms with Crippen LogP contribution in [0.3, 0.4) is 0 Å². The Morgan fingerprint density at radius 3 is 2.81 bits per heavy atom. The Hall–Kier alpha value is -3.12. The molecular weight excluding hydrogens is 460 g/mol. The number of aryl methyl sites for hydroxylation is 2. The second kappa shape index (κ2) is 10.1. The van der Waals surface area contributed by atoms with Crippen molar-refractivity contribution in [3.8, 4) is 0 Å². The third-order valence-corrected chi connectivity index (χ3v) is 6.94. The van der Waals surface area contributed by atoms with E-state index in [9.17, 15) is 10.2 Å². The second-order valence-corrected chi connectivity index (χ2v) is 9.88. The molecule has 3 aromatic heterocycles. The summed E-state index contributed by atoms with van der Waals surface area (Å²) >= 11 is 0. The number of rotatable bonds is 9. The van der Waals surface area contributed by atoms with Crippen molar-refractivity contribution in [3.63, 3.8) is 0 Å². The third kappa shape index (κ3) is 4.79. The molecule has 5 N–H and O–H groups in total. The highest BCUT2D eigenvalue weighted by Gasteiger charge is 2.45. The van der Waals surface area contributed by atoms with E-state index in [2.05, 4.69) is 57.7 Å². The fourth-order valence-corrected chi connectivity index (χ4v) is 4.86. The molecule has 36 heavy (non-hydrogen) atoms. The lowest BCUT2D eigenvalue weighted by Gasteiger charge is -2.30. The molecule has 1 aromatic carbocycles. The van der Waals surface area contributed by atoms with Gasteiger partial charge >= 0.3 is 0 Å². The Bertz CT molecular complexity index is 1340. The summed E-state index contributed by atoms with van der Waals surface area (Å²) in [6.07, 6.45) is 2.19. The monoisotopic (exact) mass is 494 g/mol. The van der Waals surface area contributed by atoms with Crippen molar-refractivity contribution in [2.75, 3.05) is 18.8 Å². The van der Waals surface area contributed by atoms with Crippen LogP contribution in [0.25, 0.3) is 22.2 Å². The van der Waals surface area contributed by atoms with Crippen molar-refractivity contribution < 1.29 is 14.9 Å². The van der Waals surface area contributed by atoms with Gasteiger partial charge in [-0.15, -0.1) is 0 Å². The quantitative estimate of drug-likeness (QED) is 0.256. The number of nitrogens with one attached hydrogen (secondary N) is 1. The van der Waals surface area contributed by atoms with Crippen LogP contribution in [0.15, 0.2) is 30.9 Å². The van der Waals surface area contributed by atoms with Gasteiger partial charge in [-0.25, -0.2) is 19.9 Å². The molecular formula is C25H34N8O3. The lowest BCUT2D eigenvalue weighted by atomic mass is 10.1. The highest BCUT2D eigenvalue weighted by Crippen LogP contribution is 2.32. The topological polar surface area (TPSA) is 151 Å². The zero-order chi connectivity index (χ0) is 25.4. The maximum Gasteiger partial charge on any atom is 0.167 e. The van der Waals surface area contributed by atoms with Gasteiger partial charge in [0, 0.05) is 19.0 Å². The molecule has 0 amide bonds. The predicted molar refractivity (Wildman–Crippen MR) is 136 cm³/mol. The summed E-state index contributed by atoms with van der Waals surface area (Å²) in [5, 5.41) is 21.6. The van der Waals surface area contributed by atoms with E-state index in [1.54, 1.807) is 4.57 Å². The van der Waals surface area contributed by atoms with Crippen LogP contribution >= 0.6 is 0 Å². The number of aliphatic hydroxyl groups is 2. The molecule has 1 aliphatic rings. The Kier molecular flexibility index (Phi) is 6.89. The number of anilines is 1. The van der Waals surface area contributed by atoms with E-state index in [4.69, 9.17) is 15.5 Å². The van der Waals surface area contributed by atoms with E-state index in [0.29, 0.717) is 17.7 Å². The minimum absolute atomic E-state index is 0.257. The van der Waals surface area contributed by atoms with Crippen molar-refractivity contribution in [3.05, 3.63) is 42.2 Å². The number of fused-ring (bicyclic) bond motifs is 2. The van der Waals surface area contributed by atoms with Gasteiger partial charge < -0.3 is 25.7 Å². The first-order chi connectivity index (χ1) is 17.3. The van der Waals surface area contributed by atoms with Gasteiger partial charge in [0.2, 0.25) is 0 Å². The average Bonchev–Trinajstić information content (AvgIpc) is 3.53. The summed E-state index contributed by atoms with van der Waals surface area (Å²) in [5.74, 6) is 1.26. The zero-order valence-electron chi connectivity index (χ0n) is 20.9. The molecule has 0 spiro atoms. The summed E-state index contributed by atoms with van der Waals surface area (Å²) in [5.41, 5.74) is 10.1. The van der Waals surface area contributed by atoms with Crippen LogP contribution in [0.5, 0.6) is 0 Å². The Morgan fingerprint density at radius 1 is 1.17 bits per heavy atom. The van der Waals surface area contributed by atoms with Gasteiger partial charge in [-0.3, -0.25) is 9.47 Å². The summed E-state index contributed by atoms with van der Waals surface area (Å²) in [7, 11) is 0. The van der Waals surface area contributed by atoms with E-state index in [0.717, 1.165) is 42.7 Å². The molecule has 0 bridgehead atoms. The van der Waals surface area contributed by atoms with Crippen LogP contribution in [0.1, 0.15) is 44.3 Å². The van der Waals surface area contributed by atoms with Gasteiger partial charge in [0.1, 0.15) is 36.0 Å². The van der Waals surface area contributed by atoms with E-state index in [-0.39, 0.29) is 11.9 Å². The van der Waals surface area contributed by atoms with E-state index in [1.807, 2.05) is 6.07 Å². The van der Waals surface area contributed by atoms with Crippen LogP contribution in [0, 0.1) is 6.92 Å².